The Morgan fingerprint density at radius 1 is 0.636 bits per heavy atom. The van der Waals surface area contributed by atoms with Crippen LogP contribution in [0.1, 0.15) is 113 Å². The van der Waals surface area contributed by atoms with E-state index in [2.05, 4.69) is 20.6 Å². The van der Waals surface area contributed by atoms with Crippen LogP contribution in [0.3, 0.4) is 0 Å². The highest BCUT2D eigenvalue weighted by atomic mass is 16.5. The van der Waals surface area contributed by atoms with Crippen LogP contribution in [0.25, 0.3) is 11.4 Å². The van der Waals surface area contributed by atoms with Gasteiger partial charge in [-0.1, -0.05) is 40.5 Å². The predicted octanol–water partition coefficient (Wildman–Crippen LogP) is 5.40. The molecule has 0 saturated heterocycles. The summed E-state index contributed by atoms with van der Waals surface area (Å²) < 4.78 is 11.5. The second-order valence-electron chi connectivity index (χ2n) is 12.6. The van der Waals surface area contributed by atoms with Gasteiger partial charge in [-0.3, -0.25) is 19.6 Å². The van der Waals surface area contributed by atoms with Gasteiger partial charge in [0.15, 0.2) is 0 Å². The summed E-state index contributed by atoms with van der Waals surface area (Å²) in [7, 11) is 0. The average Bonchev–Trinajstić information content (AvgIpc) is 3.02. The van der Waals surface area contributed by atoms with E-state index in [1.54, 1.807) is 24.3 Å². The Kier molecular flexibility index (Phi) is 11.9. The van der Waals surface area contributed by atoms with Gasteiger partial charge >= 0.3 is 11.9 Å². The minimum Gasteiger partial charge on any atom is -0.461 e. The van der Waals surface area contributed by atoms with Crippen LogP contribution in [-0.4, -0.2) is 58.0 Å². The zero-order valence-electron chi connectivity index (χ0n) is 26.3. The van der Waals surface area contributed by atoms with Crippen molar-refractivity contribution in [2.24, 2.45) is 11.8 Å². The summed E-state index contributed by atoms with van der Waals surface area (Å²) in [6, 6.07) is 4.69. The largest absolute Gasteiger partial charge is 0.461 e. The fraction of sp³-hybridized carbons (Fsp3) is 0.588. The third-order valence-electron chi connectivity index (χ3n) is 8.39. The molecule has 2 saturated carbocycles. The van der Waals surface area contributed by atoms with E-state index < -0.39 is 35.8 Å². The maximum atomic E-state index is 13.2. The summed E-state index contributed by atoms with van der Waals surface area (Å²) in [5, 5.41) is 5.67. The second-order valence-corrected chi connectivity index (χ2v) is 12.6. The number of nitrogens with zero attached hydrogens (tertiary/aromatic N) is 2. The number of rotatable bonds is 11. The van der Waals surface area contributed by atoms with Crippen LogP contribution in [-0.2, 0) is 19.1 Å². The summed E-state index contributed by atoms with van der Waals surface area (Å²) in [6.07, 6.45) is 12.6. The van der Waals surface area contributed by atoms with Crippen LogP contribution in [0.4, 0.5) is 0 Å². The van der Waals surface area contributed by atoms with Crippen LogP contribution >= 0.6 is 0 Å². The highest BCUT2D eigenvalue weighted by Gasteiger charge is 2.30. The first kappa shape index (κ1) is 33.1. The van der Waals surface area contributed by atoms with Gasteiger partial charge in [0.2, 0.25) is 0 Å². The Morgan fingerprint density at radius 3 is 1.34 bits per heavy atom. The Morgan fingerprint density at radius 2 is 1.00 bits per heavy atom. The van der Waals surface area contributed by atoms with Gasteiger partial charge in [0.25, 0.3) is 11.8 Å². The Bertz CT molecular complexity index is 1200. The van der Waals surface area contributed by atoms with Gasteiger partial charge in [-0.05, 0) is 87.5 Å². The fourth-order valence-electron chi connectivity index (χ4n) is 5.71. The van der Waals surface area contributed by atoms with Gasteiger partial charge in [-0.2, -0.15) is 0 Å². The molecule has 238 valence electrons. The van der Waals surface area contributed by atoms with Crippen molar-refractivity contribution in [3.63, 3.8) is 0 Å². The molecule has 0 radical (unpaired) electrons. The monoisotopic (exact) mass is 606 g/mol. The first-order valence-corrected chi connectivity index (χ1v) is 16.1. The molecule has 2 N–H and O–H groups in total. The molecule has 2 aliphatic rings. The van der Waals surface area contributed by atoms with E-state index in [1.807, 2.05) is 27.7 Å². The number of pyridine rings is 2. The predicted molar refractivity (Wildman–Crippen MR) is 166 cm³/mol. The summed E-state index contributed by atoms with van der Waals surface area (Å²) in [5.74, 6) is -2.03. The highest BCUT2D eigenvalue weighted by Crippen LogP contribution is 2.23. The standard InChI is InChI=1S/C34H46N4O6/c1-21(2)29(33(41)43-25-11-7-5-8-12-25)37-31(39)23-15-17-35-27(19-23)28-20-24(16-18-36-28)32(40)38-30(22(3)4)34(42)44-26-13-9-6-10-14-26/h15-22,25-26,29-30H,5-14H2,1-4H3,(H,37,39)(H,38,40)/t29-,30-/m0/s1. The lowest BCUT2D eigenvalue weighted by Gasteiger charge is -2.26. The first-order valence-electron chi connectivity index (χ1n) is 16.1. The number of nitrogens with one attached hydrogen (secondary N) is 2. The molecule has 2 aromatic rings. The second kappa shape index (κ2) is 15.8. The quantitative estimate of drug-likeness (QED) is 0.324. The fourth-order valence-corrected chi connectivity index (χ4v) is 5.71. The summed E-state index contributed by atoms with van der Waals surface area (Å²) in [4.78, 5) is 61.1. The molecular formula is C34H46N4O6. The van der Waals surface area contributed by atoms with Crippen LogP contribution in [0.15, 0.2) is 36.7 Å². The van der Waals surface area contributed by atoms with Crippen molar-refractivity contribution in [3.05, 3.63) is 47.8 Å². The molecular weight excluding hydrogens is 560 g/mol. The Balaban J connectivity index is 1.43. The van der Waals surface area contributed by atoms with Crippen molar-refractivity contribution in [1.29, 1.82) is 0 Å². The minimum atomic E-state index is -0.787. The molecule has 0 bridgehead atoms. The number of carbonyl (C=O) groups excluding carboxylic acids is 4. The molecule has 2 aromatic heterocycles. The van der Waals surface area contributed by atoms with Gasteiger partial charge in [0.1, 0.15) is 24.3 Å². The summed E-state index contributed by atoms with van der Waals surface area (Å²) in [5.41, 5.74) is 1.37. The van der Waals surface area contributed by atoms with Gasteiger partial charge in [-0.25, -0.2) is 9.59 Å². The lowest BCUT2D eigenvalue weighted by atomic mass is 9.97. The number of hydrogen-bond donors (Lipinski definition) is 2. The molecule has 0 spiro atoms. The van der Waals surface area contributed by atoms with Crippen LogP contribution in [0.5, 0.6) is 0 Å². The van der Waals surface area contributed by atoms with Gasteiger partial charge < -0.3 is 20.1 Å². The zero-order chi connectivity index (χ0) is 31.6. The molecule has 2 heterocycles. The van der Waals surface area contributed by atoms with E-state index >= 15 is 0 Å². The summed E-state index contributed by atoms with van der Waals surface area (Å²) >= 11 is 0. The van der Waals surface area contributed by atoms with Crippen LogP contribution in [0, 0.1) is 11.8 Å². The molecule has 0 aliphatic heterocycles. The van der Waals surface area contributed by atoms with E-state index in [9.17, 15) is 19.2 Å². The van der Waals surface area contributed by atoms with Crippen molar-refractivity contribution in [1.82, 2.24) is 20.6 Å². The number of carbonyl (C=O) groups is 4. The first-order chi connectivity index (χ1) is 21.1. The minimum absolute atomic E-state index is 0.101. The lowest BCUT2D eigenvalue weighted by Crippen LogP contribution is -2.46. The number of amides is 2. The van der Waals surface area contributed by atoms with Gasteiger partial charge in [-0.15, -0.1) is 0 Å². The van der Waals surface area contributed by atoms with E-state index in [0.717, 1.165) is 64.2 Å². The Hall–Kier alpha value is -3.82. The van der Waals surface area contributed by atoms with Crippen molar-refractivity contribution in [2.75, 3.05) is 0 Å². The average molecular weight is 607 g/mol. The molecule has 0 unspecified atom stereocenters. The number of aromatic nitrogens is 2. The van der Waals surface area contributed by atoms with Crippen molar-refractivity contribution < 1.29 is 28.7 Å². The number of ether oxygens (including phenoxy) is 2. The van der Waals surface area contributed by atoms with Crippen LogP contribution < -0.4 is 10.6 Å². The third-order valence-corrected chi connectivity index (χ3v) is 8.39. The molecule has 2 atom stereocenters. The molecule has 2 amide bonds. The van der Waals surface area contributed by atoms with E-state index in [1.165, 1.54) is 12.4 Å². The van der Waals surface area contributed by atoms with Crippen molar-refractivity contribution >= 4 is 23.8 Å². The Labute approximate surface area is 260 Å². The smallest absolute Gasteiger partial charge is 0.329 e. The molecule has 44 heavy (non-hydrogen) atoms. The zero-order valence-corrected chi connectivity index (χ0v) is 26.3. The van der Waals surface area contributed by atoms with E-state index in [-0.39, 0.29) is 24.0 Å². The maximum absolute atomic E-state index is 13.2. The SMILES string of the molecule is CC(C)[C@H](NC(=O)c1ccnc(-c2cc(C(=O)N[C@H](C(=O)OC3CCCCC3)C(C)C)ccn2)c1)C(=O)OC1CCCCC1. The molecule has 0 aromatic carbocycles. The molecule has 10 nitrogen and oxygen atoms in total. The lowest BCUT2D eigenvalue weighted by molar-refractivity contribution is -0.155. The highest BCUT2D eigenvalue weighted by molar-refractivity contribution is 5.99. The normalized spacial score (nSPS) is 17.5. The van der Waals surface area contributed by atoms with Gasteiger partial charge in [0.05, 0.1) is 11.4 Å². The van der Waals surface area contributed by atoms with Crippen LogP contribution in [0.2, 0.25) is 0 Å². The van der Waals surface area contributed by atoms with E-state index in [0.29, 0.717) is 22.5 Å². The third kappa shape index (κ3) is 9.09. The van der Waals surface area contributed by atoms with Gasteiger partial charge in [0, 0.05) is 23.5 Å². The molecule has 10 heteroatoms. The molecule has 4 rings (SSSR count). The molecule has 2 aliphatic carbocycles. The van der Waals surface area contributed by atoms with Crippen molar-refractivity contribution in [2.45, 2.75) is 116 Å². The molecule has 2 fully saturated rings. The maximum Gasteiger partial charge on any atom is 0.329 e. The topological polar surface area (TPSA) is 137 Å². The van der Waals surface area contributed by atoms with E-state index in [4.69, 9.17) is 9.47 Å². The number of hydrogen-bond acceptors (Lipinski definition) is 8. The van der Waals surface area contributed by atoms with Crippen molar-refractivity contribution in [3.8, 4) is 11.4 Å². The number of esters is 2. The summed E-state index contributed by atoms with van der Waals surface area (Å²) in [6.45, 7) is 7.46.